The average molecular weight is 245 g/mol. The van der Waals surface area contributed by atoms with Crippen molar-refractivity contribution in [1.82, 2.24) is 10.2 Å². The SMILES string of the molecule is CN1CC(c2ccc3c(c2)CC(=O)N3C)NC1=O. The highest BCUT2D eigenvalue weighted by molar-refractivity contribution is 6.00. The number of carbonyl (C=O) groups is 2. The molecular weight excluding hydrogens is 230 g/mol. The van der Waals surface area contributed by atoms with E-state index in [9.17, 15) is 9.59 Å². The predicted octanol–water partition coefficient (Wildman–Crippen LogP) is 0.902. The van der Waals surface area contributed by atoms with E-state index in [1.54, 1.807) is 23.9 Å². The molecule has 3 rings (SSSR count). The van der Waals surface area contributed by atoms with Crippen LogP contribution in [0.1, 0.15) is 17.2 Å². The predicted molar refractivity (Wildman–Crippen MR) is 67.5 cm³/mol. The summed E-state index contributed by atoms with van der Waals surface area (Å²) in [5.74, 6) is 0.120. The van der Waals surface area contributed by atoms with E-state index in [2.05, 4.69) is 5.32 Å². The van der Waals surface area contributed by atoms with Gasteiger partial charge in [-0.05, 0) is 17.2 Å². The molecule has 1 atom stereocenters. The molecule has 2 aliphatic heterocycles. The van der Waals surface area contributed by atoms with Crippen LogP contribution in [0.5, 0.6) is 0 Å². The first-order chi connectivity index (χ1) is 8.56. The zero-order chi connectivity index (χ0) is 12.9. The lowest BCUT2D eigenvalue weighted by Crippen LogP contribution is -2.23. The van der Waals surface area contributed by atoms with Gasteiger partial charge < -0.3 is 15.1 Å². The Hall–Kier alpha value is -2.04. The number of urea groups is 1. The molecule has 1 saturated heterocycles. The van der Waals surface area contributed by atoms with Gasteiger partial charge in [-0.3, -0.25) is 4.79 Å². The van der Waals surface area contributed by atoms with Gasteiger partial charge in [-0.1, -0.05) is 12.1 Å². The smallest absolute Gasteiger partial charge is 0.317 e. The third kappa shape index (κ3) is 1.54. The van der Waals surface area contributed by atoms with E-state index in [0.29, 0.717) is 13.0 Å². The number of hydrogen-bond donors (Lipinski definition) is 1. The zero-order valence-corrected chi connectivity index (χ0v) is 10.4. The molecule has 1 N–H and O–H groups in total. The number of likely N-dealkylation sites (N-methyl/N-ethyl adjacent to an activating group) is 2. The van der Waals surface area contributed by atoms with Crippen LogP contribution in [-0.4, -0.2) is 37.5 Å². The fraction of sp³-hybridized carbons (Fsp3) is 0.385. The molecule has 1 aromatic carbocycles. The van der Waals surface area contributed by atoms with Gasteiger partial charge in [0.1, 0.15) is 0 Å². The number of fused-ring (bicyclic) bond motifs is 1. The van der Waals surface area contributed by atoms with Crippen LogP contribution in [0.2, 0.25) is 0 Å². The van der Waals surface area contributed by atoms with Crippen LogP contribution in [0.25, 0.3) is 0 Å². The van der Waals surface area contributed by atoms with Crippen molar-refractivity contribution in [2.24, 2.45) is 0 Å². The minimum Gasteiger partial charge on any atom is -0.329 e. The molecule has 0 aliphatic carbocycles. The van der Waals surface area contributed by atoms with Gasteiger partial charge in [-0.15, -0.1) is 0 Å². The third-order valence-electron chi connectivity index (χ3n) is 3.68. The molecule has 0 saturated carbocycles. The van der Waals surface area contributed by atoms with Gasteiger partial charge in [0.05, 0.1) is 12.5 Å². The summed E-state index contributed by atoms with van der Waals surface area (Å²) in [6.45, 7) is 0.668. The second-order valence-electron chi connectivity index (χ2n) is 4.90. The van der Waals surface area contributed by atoms with Crippen molar-refractivity contribution < 1.29 is 9.59 Å². The summed E-state index contributed by atoms with van der Waals surface area (Å²) in [7, 11) is 3.57. The first kappa shape index (κ1) is 11.1. The van der Waals surface area contributed by atoms with Crippen molar-refractivity contribution in [3.63, 3.8) is 0 Å². The van der Waals surface area contributed by atoms with Crippen molar-refractivity contribution in [1.29, 1.82) is 0 Å². The molecule has 2 aliphatic rings. The lowest BCUT2D eigenvalue weighted by Gasteiger charge is -2.13. The molecular formula is C13H15N3O2. The number of nitrogens with zero attached hydrogens (tertiary/aromatic N) is 2. The Labute approximate surface area is 105 Å². The number of rotatable bonds is 1. The summed E-state index contributed by atoms with van der Waals surface area (Å²) in [4.78, 5) is 26.4. The molecule has 0 radical (unpaired) electrons. The Bertz CT molecular complexity index is 541. The van der Waals surface area contributed by atoms with E-state index < -0.39 is 0 Å². The fourth-order valence-corrected chi connectivity index (χ4v) is 2.56. The van der Waals surface area contributed by atoms with Gasteiger partial charge in [0.15, 0.2) is 0 Å². The average Bonchev–Trinajstić information content (AvgIpc) is 2.81. The Morgan fingerprint density at radius 2 is 2.06 bits per heavy atom. The van der Waals surface area contributed by atoms with Crippen molar-refractivity contribution >= 4 is 17.6 Å². The normalized spacial score (nSPS) is 22.4. The van der Waals surface area contributed by atoms with Crippen molar-refractivity contribution in [3.8, 4) is 0 Å². The van der Waals surface area contributed by atoms with Gasteiger partial charge in [0, 0.05) is 26.3 Å². The van der Waals surface area contributed by atoms with Crippen molar-refractivity contribution in [3.05, 3.63) is 29.3 Å². The molecule has 3 amide bonds. The van der Waals surface area contributed by atoms with Gasteiger partial charge in [-0.25, -0.2) is 4.79 Å². The molecule has 5 nitrogen and oxygen atoms in total. The van der Waals surface area contributed by atoms with Gasteiger partial charge in [0.2, 0.25) is 5.91 Å². The van der Waals surface area contributed by atoms with E-state index in [1.807, 2.05) is 18.2 Å². The van der Waals surface area contributed by atoms with Gasteiger partial charge in [-0.2, -0.15) is 0 Å². The van der Waals surface area contributed by atoms with Crippen LogP contribution in [0, 0.1) is 0 Å². The summed E-state index contributed by atoms with van der Waals surface area (Å²) in [6.07, 6.45) is 0.455. The Morgan fingerprint density at radius 1 is 1.28 bits per heavy atom. The molecule has 18 heavy (non-hydrogen) atoms. The highest BCUT2D eigenvalue weighted by atomic mass is 16.2. The maximum absolute atomic E-state index is 11.6. The number of anilines is 1. The van der Waals surface area contributed by atoms with Crippen LogP contribution >= 0.6 is 0 Å². The van der Waals surface area contributed by atoms with Crippen LogP contribution in [0.15, 0.2) is 18.2 Å². The Kier molecular flexibility index (Phi) is 2.29. The minimum absolute atomic E-state index is 0.0220. The summed E-state index contributed by atoms with van der Waals surface area (Å²) < 4.78 is 0. The first-order valence-electron chi connectivity index (χ1n) is 5.97. The van der Waals surface area contributed by atoms with Crippen LogP contribution in [0.3, 0.4) is 0 Å². The summed E-state index contributed by atoms with van der Waals surface area (Å²) >= 11 is 0. The summed E-state index contributed by atoms with van der Waals surface area (Å²) in [5, 5.41) is 2.92. The standard InChI is InChI=1S/C13H15N3O2/c1-15-7-10(14-13(15)18)8-3-4-11-9(5-8)6-12(17)16(11)2/h3-5,10H,6-7H2,1-2H3,(H,14,18). The van der Waals surface area contributed by atoms with Crippen molar-refractivity contribution in [2.75, 3.05) is 25.5 Å². The number of benzene rings is 1. The second-order valence-corrected chi connectivity index (χ2v) is 4.90. The highest BCUT2D eigenvalue weighted by Crippen LogP contribution is 2.31. The number of hydrogen-bond acceptors (Lipinski definition) is 2. The van der Waals surface area contributed by atoms with Gasteiger partial charge in [0.25, 0.3) is 0 Å². The molecule has 0 spiro atoms. The van der Waals surface area contributed by atoms with E-state index in [4.69, 9.17) is 0 Å². The van der Waals surface area contributed by atoms with E-state index in [0.717, 1.165) is 16.8 Å². The molecule has 5 heteroatoms. The fourth-order valence-electron chi connectivity index (χ4n) is 2.56. The third-order valence-corrected chi connectivity index (χ3v) is 3.68. The lowest BCUT2D eigenvalue weighted by molar-refractivity contribution is -0.117. The zero-order valence-electron chi connectivity index (χ0n) is 10.4. The summed E-state index contributed by atoms with van der Waals surface area (Å²) in [6, 6.07) is 5.95. The number of carbonyl (C=O) groups excluding carboxylic acids is 2. The second kappa shape index (κ2) is 3.73. The summed E-state index contributed by atoms with van der Waals surface area (Å²) in [5.41, 5.74) is 3.08. The molecule has 0 bridgehead atoms. The Balaban J connectivity index is 1.91. The quantitative estimate of drug-likeness (QED) is 0.799. The molecule has 1 unspecified atom stereocenters. The van der Waals surface area contributed by atoms with E-state index >= 15 is 0 Å². The molecule has 1 fully saturated rings. The first-order valence-corrected chi connectivity index (χ1v) is 5.97. The monoisotopic (exact) mass is 245 g/mol. The lowest BCUT2D eigenvalue weighted by atomic mass is 10.0. The van der Waals surface area contributed by atoms with Gasteiger partial charge >= 0.3 is 6.03 Å². The van der Waals surface area contributed by atoms with Crippen LogP contribution < -0.4 is 10.2 Å². The van der Waals surface area contributed by atoms with Crippen molar-refractivity contribution in [2.45, 2.75) is 12.5 Å². The van der Waals surface area contributed by atoms with E-state index in [1.165, 1.54) is 0 Å². The number of nitrogens with one attached hydrogen (secondary N) is 1. The minimum atomic E-state index is -0.0475. The van der Waals surface area contributed by atoms with Crippen LogP contribution in [-0.2, 0) is 11.2 Å². The molecule has 2 heterocycles. The maximum atomic E-state index is 11.6. The largest absolute Gasteiger partial charge is 0.329 e. The maximum Gasteiger partial charge on any atom is 0.317 e. The topological polar surface area (TPSA) is 52.7 Å². The molecule has 0 aromatic heterocycles. The highest BCUT2D eigenvalue weighted by Gasteiger charge is 2.29. The molecule has 1 aromatic rings. The number of amides is 3. The molecule has 94 valence electrons. The van der Waals surface area contributed by atoms with Crippen LogP contribution in [0.4, 0.5) is 10.5 Å². The Morgan fingerprint density at radius 3 is 2.72 bits per heavy atom. The van der Waals surface area contributed by atoms with E-state index in [-0.39, 0.29) is 18.0 Å².